The summed E-state index contributed by atoms with van der Waals surface area (Å²) in [5.74, 6) is 0.853. The molecule has 372 valence electrons. The van der Waals surface area contributed by atoms with Crippen LogP contribution in [0.25, 0.3) is 82.9 Å². The molecule has 16 rings (SSSR count). The van der Waals surface area contributed by atoms with Crippen molar-refractivity contribution in [2.24, 2.45) is 0 Å². The van der Waals surface area contributed by atoms with Gasteiger partial charge in [0.05, 0.1) is 22.3 Å². The predicted octanol–water partition coefficient (Wildman–Crippen LogP) is 17.0. The number of rotatable bonds is 8. The number of para-hydroxylation sites is 3. The summed E-state index contributed by atoms with van der Waals surface area (Å²) in [5.41, 5.74) is 23.4. The Morgan fingerprint density at radius 1 is 0.338 bits per heavy atom. The summed E-state index contributed by atoms with van der Waals surface area (Å²) in [6.07, 6.45) is 0. The fourth-order valence-corrected chi connectivity index (χ4v) is 14.0. The third kappa shape index (κ3) is 6.79. The van der Waals surface area contributed by atoms with E-state index in [-0.39, 0.29) is 6.71 Å². The molecule has 0 unspecified atom stereocenters. The van der Waals surface area contributed by atoms with E-state index in [1.165, 1.54) is 93.9 Å². The van der Waals surface area contributed by atoms with E-state index in [1.807, 2.05) is 0 Å². The highest BCUT2D eigenvalue weighted by Gasteiger charge is 2.47. The van der Waals surface area contributed by atoms with Crippen LogP contribution in [0.2, 0.25) is 0 Å². The second-order valence-corrected chi connectivity index (χ2v) is 21.2. The zero-order chi connectivity index (χ0) is 52.7. The van der Waals surface area contributed by atoms with Crippen LogP contribution >= 0.6 is 0 Å². The highest BCUT2D eigenvalue weighted by molar-refractivity contribution is 7.01. The molecule has 3 nitrogen and oxygen atoms in total. The molecule has 4 heterocycles. The van der Waals surface area contributed by atoms with Gasteiger partial charge in [0.1, 0.15) is 11.5 Å². The largest absolute Gasteiger partial charge is 0.294 e. The SMILES string of the molecule is c1ccc(-c2cccc3c2B(c2ccc4c(c2)c2ccc(N5c6ccccc6C(c6ccccc6)(c6ccccc6)c6ccccc65)nc2n4-c2ccccc2)c2c-3c(-c3ccccc3)c3ccccc3c2-c2ccccc2)cc1. The Kier molecular flexibility index (Phi) is 10.6. The molecule has 0 saturated carbocycles. The van der Waals surface area contributed by atoms with Crippen LogP contribution in [0.15, 0.2) is 303 Å². The van der Waals surface area contributed by atoms with Crippen molar-refractivity contribution in [1.29, 1.82) is 0 Å². The van der Waals surface area contributed by atoms with Gasteiger partial charge in [-0.1, -0.05) is 277 Å². The summed E-state index contributed by atoms with van der Waals surface area (Å²) in [4.78, 5) is 8.27. The van der Waals surface area contributed by atoms with Gasteiger partial charge in [0.15, 0.2) is 0 Å². The summed E-state index contributed by atoms with van der Waals surface area (Å²) >= 11 is 0. The lowest BCUT2D eigenvalue weighted by molar-refractivity contribution is 0.730. The van der Waals surface area contributed by atoms with Gasteiger partial charge in [-0.3, -0.25) is 9.47 Å². The minimum Gasteiger partial charge on any atom is -0.294 e. The van der Waals surface area contributed by atoms with E-state index in [4.69, 9.17) is 4.98 Å². The first-order valence-electron chi connectivity index (χ1n) is 27.7. The van der Waals surface area contributed by atoms with Gasteiger partial charge in [0.25, 0.3) is 0 Å². The van der Waals surface area contributed by atoms with E-state index in [1.54, 1.807) is 0 Å². The molecule has 0 aliphatic carbocycles. The van der Waals surface area contributed by atoms with Crippen LogP contribution in [0.3, 0.4) is 0 Å². The predicted molar refractivity (Wildman–Crippen MR) is 335 cm³/mol. The van der Waals surface area contributed by atoms with E-state index >= 15 is 0 Å². The monoisotopic (exact) mass is 1020 g/mol. The van der Waals surface area contributed by atoms with Gasteiger partial charge in [-0.05, 0) is 120 Å². The second kappa shape index (κ2) is 18.4. The van der Waals surface area contributed by atoms with Crippen LogP contribution in [-0.2, 0) is 5.41 Å². The van der Waals surface area contributed by atoms with Crippen molar-refractivity contribution in [2.75, 3.05) is 4.90 Å². The van der Waals surface area contributed by atoms with Crippen molar-refractivity contribution < 1.29 is 0 Å². The summed E-state index contributed by atoms with van der Waals surface area (Å²) in [5, 5.41) is 4.75. The van der Waals surface area contributed by atoms with Crippen LogP contribution in [0, 0.1) is 0 Å². The third-order valence-corrected chi connectivity index (χ3v) is 17.1. The molecule has 12 aromatic carbocycles. The molecule has 2 aromatic heterocycles. The normalized spacial score (nSPS) is 13.1. The Morgan fingerprint density at radius 2 is 0.838 bits per heavy atom. The lowest BCUT2D eigenvalue weighted by Gasteiger charge is -2.46. The van der Waals surface area contributed by atoms with Crippen molar-refractivity contribution in [1.82, 2.24) is 9.55 Å². The van der Waals surface area contributed by atoms with Gasteiger partial charge in [0.2, 0.25) is 6.71 Å². The zero-order valence-electron chi connectivity index (χ0n) is 43.8. The Labute approximate surface area is 466 Å². The van der Waals surface area contributed by atoms with Crippen LogP contribution < -0.4 is 21.3 Å². The summed E-state index contributed by atoms with van der Waals surface area (Å²) in [6, 6.07) is 112. The summed E-state index contributed by atoms with van der Waals surface area (Å²) in [6.45, 7) is -0.124. The molecule has 0 spiro atoms. The average molecular weight is 1020 g/mol. The van der Waals surface area contributed by atoms with E-state index in [0.29, 0.717) is 0 Å². The number of anilines is 3. The Balaban J connectivity index is 0.968. The Hall–Kier alpha value is -10.3. The number of fused-ring (bicyclic) bond motifs is 9. The number of aromatic nitrogens is 2. The molecule has 14 aromatic rings. The van der Waals surface area contributed by atoms with Crippen LogP contribution in [0.5, 0.6) is 0 Å². The molecule has 0 saturated heterocycles. The second-order valence-electron chi connectivity index (χ2n) is 21.2. The number of hydrogen-bond donors (Lipinski definition) is 0. The Bertz CT molecular complexity index is 4600. The lowest BCUT2D eigenvalue weighted by Crippen LogP contribution is -2.50. The van der Waals surface area contributed by atoms with Crippen molar-refractivity contribution in [2.45, 2.75) is 5.41 Å². The zero-order valence-corrected chi connectivity index (χ0v) is 43.8. The quantitative estimate of drug-likeness (QED) is 0.141. The third-order valence-electron chi connectivity index (χ3n) is 17.1. The van der Waals surface area contributed by atoms with Crippen LogP contribution in [0.1, 0.15) is 22.3 Å². The molecule has 0 fully saturated rings. The maximum Gasteiger partial charge on any atom is 0.244 e. The van der Waals surface area contributed by atoms with Gasteiger partial charge in [0, 0.05) is 16.5 Å². The van der Waals surface area contributed by atoms with Crippen molar-refractivity contribution >= 4 is 73.0 Å². The molecule has 0 atom stereocenters. The summed E-state index contributed by atoms with van der Waals surface area (Å²) in [7, 11) is 0. The van der Waals surface area contributed by atoms with E-state index < -0.39 is 5.41 Å². The van der Waals surface area contributed by atoms with Crippen molar-refractivity contribution in [3.63, 3.8) is 0 Å². The smallest absolute Gasteiger partial charge is 0.244 e. The van der Waals surface area contributed by atoms with Gasteiger partial charge in [-0.25, -0.2) is 4.98 Å². The first-order chi connectivity index (χ1) is 39.8. The highest BCUT2D eigenvalue weighted by atomic mass is 15.2. The van der Waals surface area contributed by atoms with E-state index in [0.717, 1.165) is 44.8 Å². The molecule has 0 N–H and O–H groups in total. The van der Waals surface area contributed by atoms with Gasteiger partial charge in [-0.2, -0.15) is 0 Å². The fourth-order valence-electron chi connectivity index (χ4n) is 14.0. The standard InChI is InChI=1S/C76H50BN3/c1-7-26-51(27-8-1)58-40-25-41-62-72-70(52-28-9-2-10-29-52)59-38-19-20-39-60(59)71(53-30-11-3-12-31-53)74(72)77(73(58)62)56-46-48-66-63(50-56)61-47-49-69(78-75(61)79(66)57-36-17-6-18-37-57)80-67-44-23-21-42-64(67)76(54-32-13-4-14-33-54,55-34-15-5-16-35-55)65-43-22-24-45-68(65)80/h1-50H. The number of nitrogens with zero attached hydrogens (tertiary/aromatic N) is 3. The maximum absolute atomic E-state index is 5.88. The molecule has 2 aliphatic heterocycles. The number of pyridine rings is 1. The molecular formula is C76H50BN3. The summed E-state index contributed by atoms with van der Waals surface area (Å²) < 4.78 is 2.38. The topological polar surface area (TPSA) is 21.1 Å². The highest BCUT2D eigenvalue weighted by Crippen LogP contribution is 2.57. The first kappa shape index (κ1) is 45.9. The average Bonchev–Trinajstić information content (AvgIpc) is 3.44. The molecule has 0 amide bonds. The van der Waals surface area contributed by atoms with E-state index in [9.17, 15) is 0 Å². The van der Waals surface area contributed by atoms with E-state index in [2.05, 4.69) is 313 Å². The number of hydrogen-bond acceptors (Lipinski definition) is 2. The molecular weight excluding hydrogens is 966 g/mol. The van der Waals surface area contributed by atoms with Crippen molar-refractivity contribution in [3.8, 4) is 50.2 Å². The van der Waals surface area contributed by atoms with Gasteiger partial charge >= 0.3 is 0 Å². The number of benzene rings is 12. The molecule has 0 radical (unpaired) electrons. The van der Waals surface area contributed by atoms with Crippen LogP contribution in [0.4, 0.5) is 17.2 Å². The minimum atomic E-state index is -0.585. The lowest BCUT2D eigenvalue weighted by atomic mass is 9.37. The maximum atomic E-state index is 5.88. The fraction of sp³-hybridized carbons (Fsp3) is 0.0132. The van der Waals surface area contributed by atoms with Crippen molar-refractivity contribution in [3.05, 3.63) is 326 Å². The van der Waals surface area contributed by atoms with Gasteiger partial charge in [-0.15, -0.1) is 0 Å². The van der Waals surface area contributed by atoms with Gasteiger partial charge < -0.3 is 0 Å². The molecule has 0 bridgehead atoms. The molecule has 80 heavy (non-hydrogen) atoms. The Morgan fingerprint density at radius 3 is 1.45 bits per heavy atom. The van der Waals surface area contributed by atoms with Crippen LogP contribution in [-0.4, -0.2) is 16.3 Å². The first-order valence-corrected chi connectivity index (χ1v) is 27.7. The molecule has 2 aliphatic rings. The minimum absolute atomic E-state index is 0.124. The molecule has 4 heteroatoms.